The lowest BCUT2D eigenvalue weighted by Gasteiger charge is -2.36. The fraction of sp³-hybridized carbons (Fsp3) is 0.857. The first-order valence-corrected chi connectivity index (χ1v) is 6.51. The zero-order valence-electron chi connectivity index (χ0n) is 11.0. The quantitative estimate of drug-likeness (QED) is 0.664. The van der Waals surface area contributed by atoms with Crippen LogP contribution in [0.25, 0.3) is 0 Å². The summed E-state index contributed by atoms with van der Waals surface area (Å²) in [7, 11) is 0. The zero-order valence-corrected chi connectivity index (χ0v) is 11.0. The molecule has 0 spiro atoms. The summed E-state index contributed by atoms with van der Waals surface area (Å²) < 4.78 is 5.79. The van der Waals surface area contributed by atoms with E-state index >= 15 is 0 Å². The molecule has 2 heteroatoms. The molecule has 1 aliphatic heterocycles. The first-order valence-electron chi connectivity index (χ1n) is 6.51. The maximum Gasteiger partial charge on any atom is 0.108 e. The van der Waals surface area contributed by atoms with Gasteiger partial charge in [-0.25, -0.2) is 0 Å². The van der Waals surface area contributed by atoms with Gasteiger partial charge in [0.1, 0.15) is 6.61 Å². The van der Waals surface area contributed by atoms with E-state index in [1.54, 1.807) is 0 Å². The standard InChI is InChI=1S/C14H25NO/c1-4-6-9-15-10-8-14(13(3)12-15)16-11-7-5-2/h13-14H,4,6,8-12H2,1-3H3/t13-,14+/m1/s1. The van der Waals surface area contributed by atoms with E-state index in [1.807, 2.05) is 6.92 Å². The number of hydrogen-bond donors (Lipinski definition) is 0. The van der Waals surface area contributed by atoms with E-state index in [1.165, 1.54) is 32.5 Å². The van der Waals surface area contributed by atoms with Gasteiger partial charge < -0.3 is 9.64 Å². The molecule has 0 unspecified atom stereocenters. The third-order valence-corrected chi connectivity index (χ3v) is 3.28. The van der Waals surface area contributed by atoms with Crippen molar-refractivity contribution in [2.75, 3.05) is 26.2 Å². The predicted octanol–water partition coefficient (Wildman–Crippen LogP) is 2.54. The van der Waals surface area contributed by atoms with Crippen molar-refractivity contribution in [3.8, 4) is 11.8 Å². The summed E-state index contributed by atoms with van der Waals surface area (Å²) >= 11 is 0. The molecule has 0 aromatic rings. The van der Waals surface area contributed by atoms with E-state index in [9.17, 15) is 0 Å². The summed E-state index contributed by atoms with van der Waals surface area (Å²) in [6.45, 7) is 10.6. The number of likely N-dealkylation sites (tertiary alicyclic amines) is 1. The minimum absolute atomic E-state index is 0.415. The van der Waals surface area contributed by atoms with Crippen molar-refractivity contribution in [2.24, 2.45) is 5.92 Å². The average Bonchev–Trinajstić information content (AvgIpc) is 2.29. The highest BCUT2D eigenvalue weighted by atomic mass is 16.5. The molecule has 0 radical (unpaired) electrons. The Morgan fingerprint density at radius 1 is 1.44 bits per heavy atom. The van der Waals surface area contributed by atoms with Crippen LogP contribution in [0.4, 0.5) is 0 Å². The molecule has 92 valence electrons. The smallest absolute Gasteiger partial charge is 0.108 e. The van der Waals surface area contributed by atoms with Crippen LogP contribution in [-0.4, -0.2) is 37.2 Å². The lowest BCUT2D eigenvalue weighted by atomic mass is 9.96. The van der Waals surface area contributed by atoms with Crippen LogP contribution in [0.5, 0.6) is 0 Å². The minimum Gasteiger partial charge on any atom is -0.365 e. The third-order valence-electron chi connectivity index (χ3n) is 3.28. The molecule has 0 aromatic heterocycles. The number of nitrogens with zero attached hydrogens (tertiary/aromatic N) is 1. The van der Waals surface area contributed by atoms with Gasteiger partial charge in [-0.05, 0) is 32.2 Å². The first-order chi connectivity index (χ1) is 7.77. The van der Waals surface area contributed by atoms with Gasteiger partial charge in [0.25, 0.3) is 0 Å². The molecule has 1 aliphatic rings. The second-order valence-corrected chi connectivity index (χ2v) is 4.70. The Kier molecular flexibility index (Phi) is 6.52. The molecular formula is C14H25NO. The van der Waals surface area contributed by atoms with E-state index in [4.69, 9.17) is 4.74 Å². The summed E-state index contributed by atoms with van der Waals surface area (Å²) in [5, 5.41) is 0. The van der Waals surface area contributed by atoms with Gasteiger partial charge in [0.05, 0.1) is 6.10 Å². The highest BCUT2D eigenvalue weighted by molar-refractivity contribution is 4.95. The Balaban J connectivity index is 2.24. The molecule has 0 aromatic carbocycles. The van der Waals surface area contributed by atoms with Gasteiger partial charge in [0.15, 0.2) is 0 Å². The predicted molar refractivity (Wildman–Crippen MR) is 68.3 cm³/mol. The molecule has 1 heterocycles. The second kappa shape index (κ2) is 7.70. The first kappa shape index (κ1) is 13.5. The third kappa shape index (κ3) is 4.55. The van der Waals surface area contributed by atoms with Gasteiger partial charge in [0, 0.05) is 13.1 Å². The van der Waals surface area contributed by atoms with Gasteiger partial charge in [-0.1, -0.05) is 26.2 Å². The minimum atomic E-state index is 0.415. The summed E-state index contributed by atoms with van der Waals surface area (Å²) in [6, 6.07) is 0. The lowest BCUT2D eigenvalue weighted by molar-refractivity contribution is -0.0136. The van der Waals surface area contributed by atoms with Gasteiger partial charge in [0.2, 0.25) is 0 Å². The number of unbranched alkanes of at least 4 members (excludes halogenated alkanes) is 1. The second-order valence-electron chi connectivity index (χ2n) is 4.70. The number of piperidine rings is 1. The van der Waals surface area contributed by atoms with Gasteiger partial charge in [-0.15, -0.1) is 5.92 Å². The molecule has 0 saturated carbocycles. The van der Waals surface area contributed by atoms with E-state index < -0.39 is 0 Å². The van der Waals surface area contributed by atoms with Crippen molar-refractivity contribution >= 4 is 0 Å². The topological polar surface area (TPSA) is 12.5 Å². The van der Waals surface area contributed by atoms with Crippen LogP contribution in [0.15, 0.2) is 0 Å². The normalized spacial score (nSPS) is 26.2. The summed E-state index contributed by atoms with van der Waals surface area (Å²) in [4.78, 5) is 2.57. The molecule has 1 saturated heterocycles. The van der Waals surface area contributed by atoms with Crippen LogP contribution in [0.3, 0.4) is 0 Å². The summed E-state index contributed by atoms with van der Waals surface area (Å²) in [5.74, 6) is 6.49. The van der Waals surface area contributed by atoms with Gasteiger partial charge >= 0.3 is 0 Å². The fourth-order valence-corrected chi connectivity index (χ4v) is 2.26. The van der Waals surface area contributed by atoms with Crippen LogP contribution in [0.2, 0.25) is 0 Å². The SMILES string of the molecule is CC#CCO[C@H]1CCN(CCCC)C[C@H]1C. The van der Waals surface area contributed by atoms with Crippen molar-refractivity contribution in [3.63, 3.8) is 0 Å². The van der Waals surface area contributed by atoms with Crippen molar-refractivity contribution in [1.82, 2.24) is 4.90 Å². The van der Waals surface area contributed by atoms with E-state index in [2.05, 4.69) is 30.6 Å². The van der Waals surface area contributed by atoms with Crippen LogP contribution in [-0.2, 0) is 4.74 Å². The number of ether oxygens (including phenoxy) is 1. The van der Waals surface area contributed by atoms with Crippen LogP contribution < -0.4 is 0 Å². The lowest BCUT2D eigenvalue weighted by Crippen LogP contribution is -2.43. The van der Waals surface area contributed by atoms with E-state index in [0.717, 1.165) is 6.42 Å². The fourth-order valence-electron chi connectivity index (χ4n) is 2.26. The maximum atomic E-state index is 5.79. The Bertz CT molecular complexity index is 241. The van der Waals surface area contributed by atoms with Crippen LogP contribution >= 0.6 is 0 Å². The Hall–Kier alpha value is -0.520. The Morgan fingerprint density at radius 2 is 2.25 bits per heavy atom. The van der Waals surface area contributed by atoms with Crippen LogP contribution in [0.1, 0.15) is 40.0 Å². The van der Waals surface area contributed by atoms with E-state index in [0.29, 0.717) is 18.6 Å². The molecule has 16 heavy (non-hydrogen) atoms. The maximum absolute atomic E-state index is 5.79. The summed E-state index contributed by atoms with van der Waals surface area (Å²) in [5.41, 5.74) is 0. The monoisotopic (exact) mass is 223 g/mol. The van der Waals surface area contributed by atoms with Gasteiger partial charge in [-0.3, -0.25) is 0 Å². The zero-order chi connectivity index (χ0) is 11.8. The molecule has 2 nitrogen and oxygen atoms in total. The average molecular weight is 223 g/mol. The van der Waals surface area contributed by atoms with Crippen molar-refractivity contribution in [3.05, 3.63) is 0 Å². The molecule has 0 N–H and O–H groups in total. The number of hydrogen-bond acceptors (Lipinski definition) is 2. The van der Waals surface area contributed by atoms with Crippen molar-refractivity contribution < 1.29 is 4.74 Å². The largest absolute Gasteiger partial charge is 0.365 e. The molecular weight excluding hydrogens is 198 g/mol. The summed E-state index contributed by atoms with van der Waals surface area (Å²) in [6.07, 6.45) is 4.19. The Morgan fingerprint density at radius 3 is 2.88 bits per heavy atom. The Labute approximate surface area is 100 Å². The van der Waals surface area contributed by atoms with Crippen molar-refractivity contribution in [1.29, 1.82) is 0 Å². The molecule has 0 bridgehead atoms. The number of rotatable bonds is 5. The van der Waals surface area contributed by atoms with Crippen LogP contribution in [0, 0.1) is 17.8 Å². The molecule has 1 rings (SSSR count). The molecule has 0 aliphatic carbocycles. The van der Waals surface area contributed by atoms with E-state index in [-0.39, 0.29) is 0 Å². The highest BCUT2D eigenvalue weighted by Gasteiger charge is 2.25. The highest BCUT2D eigenvalue weighted by Crippen LogP contribution is 2.19. The molecule has 2 atom stereocenters. The van der Waals surface area contributed by atoms with Crippen molar-refractivity contribution in [2.45, 2.75) is 46.1 Å². The molecule has 1 fully saturated rings. The molecule has 0 amide bonds. The van der Waals surface area contributed by atoms with Gasteiger partial charge in [-0.2, -0.15) is 0 Å².